The Kier molecular flexibility index (Phi) is 9.42. The van der Waals surface area contributed by atoms with E-state index in [4.69, 9.17) is 5.73 Å². The van der Waals surface area contributed by atoms with Crippen LogP contribution in [-0.2, 0) is 16.0 Å². The summed E-state index contributed by atoms with van der Waals surface area (Å²) < 4.78 is 0. The molecule has 1 aliphatic heterocycles. The molecule has 1 saturated carbocycles. The Balaban J connectivity index is 0.000000412. The van der Waals surface area contributed by atoms with Crippen molar-refractivity contribution in [2.75, 3.05) is 6.54 Å². The van der Waals surface area contributed by atoms with Gasteiger partial charge in [0.2, 0.25) is 11.8 Å². The van der Waals surface area contributed by atoms with Crippen LogP contribution in [-0.4, -0.2) is 51.0 Å². The number of amides is 2. The molecule has 1 aromatic carbocycles. The number of aliphatic hydroxyl groups excluding tert-OH is 1. The fourth-order valence-electron chi connectivity index (χ4n) is 5.03. The van der Waals surface area contributed by atoms with Gasteiger partial charge in [0, 0.05) is 31.3 Å². The number of terminal acetylenes is 1. The van der Waals surface area contributed by atoms with Crippen molar-refractivity contribution in [3.8, 4) is 12.8 Å². The van der Waals surface area contributed by atoms with Gasteiger partial charge >= 0.3 is 0 Å². The van der Waals surface area contributed by atoms with E-state index in [9.17, 15) is 14.7 Å². The van der Waals surface area contributed by atoms with E-state index >= 15 is 0 Å². The summed E-state index contributed by atoms with van der Waals surface area (Å²) in [5.74, 6) is 0.132. The molecule has 4 N–H and O–H groups in total. The van der Waals surface area contributed by atoms with Gasteiger partial charge in [-0.2, -0.15) is 0 Å². The Morgan fingerprint density at radius 1 is 1.16 bits per heavy atom. The van der Waals surface area contributed by atoms with Crippen LogP contribution in [0, 0.1) is 24.7 Å². The third-order valence-corrected chi connectivity index (χ3v) is 7.47. The van der Waals surface area contributed by atoms with Gasteiger partial charge in [0.15, 0.2) is 5.96 Å². The predicted octanol–water partition coefficient (Wildman–Crippen LogP) is 2.83. The average molecular weight is 504 g/mol. The second kappa shape index (κ2) is 12.5. The molecule has 5 rings (SSSR count). The molecule has 37 heavy (non-hydrogen) atoms. The second-order valence-corrected chi connectivity index (χ2v) is 9.67. The van der Waals surface area contributed by atoms with Gasteiger partial charge in [0.25, 0.3) is 0 Å². The van der Waals surface area contributed by atoms with Crippen molar-refractivity contribution in [3.63, 3.8) is 0 Å². The fourth-order valence-corrected chi connectivity index (χ4v) is 5.03. The largest absolute Gasteiger partial charge is 0.390 e. The van der Waals surface area contributed by atoms with Gasteiger partial charge in [-0.15, -0.1) is 12.8 Å². The number of fused-ring (bicyclic) bond motifs is 1. The second-order valence-electron chi connectivity index (χ2n) is 9.67. The summed E-state index contributed by atoms with van der Waals surface area (Å²) in [6, 6.07) is 13.2. The number of hydrogen-bond acceptors (Lipinski definition) is 6. The Labute approximate surface area is 219 Å². The Bertz CT molecular complexity index is 1090. The highest BCUT2D eigenvalue weighted by molar-refractivity contribution is 5.99. The number of nitrogens with two attached hydrogens (primary N) is 1. The molecule has 1 fully saturated rings. The number of aromatic nitrogens is 1. The van der Waals surface area contributed by atoms with Crippen LogP contribution in [0.5, 0.6) is 0 Å². The van der Waals surface area contributed by atoms with Crippen LogP contribution in [0.2, 0.25) is 0 Å². The molecule has 0 bridgehead atoms. The standard InChI is InChI=1S/C22H30N4O3.C5H5N.C2H2/c1-3-22(4-2)11-18(28)26(21(23)25-22)12-14-9-16(14)20(29)24-19-15-8-6-5-7-13(15)10-17(19)27;1-2-4-6-5-3-1;1-2/h5-8,14,16-17,19,27H,3-4,9-12H2,1-2H3,(H2,23,25)(H,24,29);1-5H;1-2H/t14-,16?,17+,19-;;/m1../s1. The van der Waals surface area contributed by atoms with Crippen molar-refractivity contribution in [1.29, 1.82) is 0 Å². The van der Waals surface area contributed by atoms with E-state index in [0.29, 0.717) is 19.4 Å². The molecule has 2 heterocycles. The minimum absolute atomic E-state index is 0.00704. The van der Waals surface area contributed by atoms with Crippen molar-refractivity contribution in [3.05, 3.63) is 66.0 Å². The van der Waals surface area contributed by atoms with Crippen LogP contribution < -0.4 is 11.1 Å². The smallest absolute Gasteiger partial charge is 0.231 e. The molecule has 1 aromatic heterocycles. The number of aliphatic hydroxyl groups is 1. The third-order valence-electron chi connectivity index (χ3n) is 7.47. The lowest BCUT2D eigenvalue weighted by Gasteiger charge is -2.36. The highest BCUT2D eigenvalue weighted by atomic mass is 16.3. The van der Waals surface area contributed by atoms with Crippen molar-refractivity contribution < 1.29 is 14.7 Å². The van der Waals surface area contributed by atoms with Gasteiger partial charge in [-0.25, -0.2) is 4.99 Å². The minimum atomic E-state index is -0.601. The first-order chi connectivity index (χ1) is 17.9. The van der Waals surface area contributed by atoms with Gasteiger partial charge in [0.05, 0.1) is 24.1 Å². The fraction of sp³-hybridized carbons (Fsp3) is 0.448. The summed E-state index contributed by atoms with van der Waals surface area (Å²) >= 11 is 0. The van der Waals surface area contributed by atoms with E-state index in [2.05, 4.69) is 28.1 Å². The summed E-state index contributed by atoms with van der Waals surface area (Å²) in [6.45, 7) is 4.49. The van der Waals surface area contributed by atoms with E-state index < -0.39 is 6.10 Å². The molecule has 2 amide bonds. The Morgan fingerprint density at radius 3 is 2.41 bits per heavy atom. The number of nitrogens with one attached hydrogen (secondary N) is 1. The molecule has 2 aliphatic carbocycles. The minimum Gasteiger partial charge on any atom is -0.390 e. The van der Waals surface area contributed by atoms with Gasteiger partial charge in [0.1, 0.15) is 0 Å². The highest BCUT2D eigenvalue weighted by Gasteiger charge is 2.47. The third kappa shape index (κ3) is 6.55. The summed E-state index contributed by atoms with van der Waals surface area (Å²) in [6.07, 6.45) is 14.1. The predicted molar refractivity (Wildman–Crippen MR) is 144 cm³/mol. The summed E-state index contributed by atoms with van der Waals surface area (Å²) in [7, 11) is 0. The number of carbonyl (C=O) groups excluding carboxylic acids is 2. The SMILES string of the molecule is C#C.CCC1(CC)CC(=O)N(C[C@H]2CC2C(=O)N[C@@H]2c3ccccc3C[C@@H]2O)C(N)=N1.c1ccncc1. The van der Waals surface area contributed by atoms with E-state index in [1.54, 1.807) is 17.3 Å². The molecule has 196 valence electrons. The first-order valence-electron chi connectivity index (χ1n) is 12.8. The molecule has 1 unspecified atom stereocenters. The summed E-state index contributed by atoms with van der Waals surface area (Å²) in [5.41, 5.74) is 7.80. The summed E-state index contributed by atoms with van der Waals surface area (Å²) in [4.78, 5) is 35.4. The number of rotatable bonds is 6. The number of aliphatic imine (C=N–C) groups is 1. The number of benzene rings is 1. The quantitative estimate of drug-likeness (QED) is 0.524. The number of carbonyl (C=O) groups is 2. The molecule has 0 spiro atoms. The average Bonchev–Trinajstić information content (AvgIpc) is 3.64. The van der Waals surface area contributed by atoms with E-state index in [1.165, 1.54) is 0 Å². The topological polar surface area (TPSA) is 121 Å². The van der Waals surface area contributed by atoms with Gasteiger partial charge in [-0.1, -0.05) is 44.2 Å². The maximum absolute atomic E-state index is 12.7. The monoisotopic (exact) mass is 503 g/mol. The van der Waals surface area contributed by atoms with Crippen LogP contribution in [0.1, 0.15) is 56.7 Å². The molecule has 2 aromatic rings. The van der Waals surface area contributed by atoms with Gasteiger partial charge in [-0.05, 0) is 48.4 Å². The lowest BCUT2D eigenvalue weighted by Crippen LogP contribution is -2.52. The van der Waals surface area contributed by atoms with Crippen LogP contribution in [0.15, 0.2) is 59.9 Å². The lowest BCUT2D eigenvalue weighted by atomic mass is 9.88. The molecular formula is C29H37N5O3. The number of pyridine rings is 1. The maximum Gasteiger partial charge on any atom is 0.231 e. The molecule has 0 saturated heterocycles. The van der Waals surface area contributed by atoms with Crippen LogP contribution in [0.3, 0.4) is 0 Å². The molecule has 8 heteroatoms. The van der Waals surface area contributed by atoms with E-state index in [0.717, 1.165) is 30.4 Å². The van der Waals surface area contributed by atoms with Gasteiger partial charge < -0.3 is 16.2 Å². The van der Waals surface area contributed by atoms with Crippen LogP contribution >= 0.6 is 0 Å². The van der Waals surface area contributed by atoms with Crippen molar-refractivity contribution in [2.45, 2.75) is 63.6 Å². The number of hydrogen-bond donors (Lipinski definition) is 3. The molecule has 0 radical (unpaired) electrons. The van der Waals surface area contributed by atoms with Crippen LogP contribution in [0.25, 0.3) is 0 Å². The maximum atomic E-state index is 12.7. The molecule has 8 nitrogen and oxygen atoms in total. The zero-order valence-corrected chi connectivity index (χ0v) is 21.6. The van der Waals surface area contributed by atoms with Crippen molar-refractivity contribution in [1.82, 2.24) is 15.2 Å². The highest BCUT2D eigenvalue weighted by Crippen LogP contribution is 2.41. The van der Waals surface area contributed by atoms with E-state index in [-0.39, 0.29) is 41.2 Å². The zero-order chi connectivity index (χ0) is 27.0. The van der Waals surface area contributed by atoms with Crippen LogP contribution in [0.4, 0.5) is 0 Å². The Hall–Kier alpha value is -3.70. The first-order valence-corrected chi connectivity index (χ1v) is 12.8. The zero-order valence-electron chi connectivity index (χ0n) is 21.6. The first kappa shape index (κ1) is 27.9. The summed E-state index contributed by atoms with van der Waals surface area (Å²) in [5, 5.41) is 13.4. The number of nitrogens with zero attached hydrogens (tertiary/aromatic N) is 3. The molecule has 4 atom stereocenters. The van der Waals surface area contributed by atoms with Crippen molar-refractivity contribution >= 4 is 17.8 Å². The Morgan fingerprint density at radius 2 is 1.84 bits per heavy atom. The van der Waals surface area contributed by atoms with E-state index in [1.807, 2.05) is 56.3 Å². The van der Waals surface area contributed by atoms with Gasteiger partial charge in [-0.3, -0.25) is 19.5 Å². The normalized spacial score (nSPS) is 24.8. The molecular weight excluding hydrogens is 466 g/mol. The molecule has 3 aliphatic rings. The number of guanidine groups is 1. The van der Waals surface area contributed by atoms with Crippen molar-refractivity contribution in [2.24, 2.45) is 22.6 Å². The lowest BCUT2D eigenvalue weighted by molar-refractivity contribution is -0.130.